The van der Waals surface area contributed by atoms with E-state index in [0.717, 1.165) is 44.8 Å². The quantitative estimate of drug-likeness (QED) is 0.668. The van der Waals surface area contributed by atoms with Gasteiger partial charge in [-0.1, -0.05) is 12.1 Å². The Hall–Kier alpha value is -2.77. The minimum absolute atomic E-state index is 0.277. The molecule has 2 heterocycles. The second-order valence-corrected chi connectivity index (χ2v) is 6.83. The van der Waals surface area contributed by atoms with Crippen molar-refractivity contribution >= 4 is 11.3 Å². The first-order chi connectivity index (χ1) is 13.3. The molecule has 6 nitrogen and oxygen atoms in total. The molecule has 0 unspecified atom stereocenters. The highest BCUT2D eigenvalue weighted by atomic mass is 32.1. The number of nitrogens with one attached hydrogen (secondary N) is 1. The molecule has 3 aromatic rings. The predicted molar refractivity (Wildman–Crippen MR) is 104 cm³/mol. The van der Waals surface area contributed by atoms with Crippen LogP contribution in [0.15, 0.2) is 41.8 Å². The molecule has 0 aliphatic carbocycles. The molecule has 0 fully saturated rings. The van der Waals surface area contributed by atoms with Gasteiger partial charge in [0.25, 0.3) is 0 Å². The average molecular weight is 384 g/mol. The van der Waals surface area contributed by atoms with Crippen LogP contribution in [0, 0.1) is 0 Å². The molecule has 27 heavy (non-hydrogen) atoms. The van der Waals surface area contributed by atoms with Crippen LogP contribution in [-0.4, -0.2) is 26.0 Å². The average Bonchev–Trinajstić information content (AvgIpc) is 3.36. The molecule has 0 saturated heterocycles. The molecule has 140 valence electrons. The van der Waals surface area contributed by atoms with Gasteiger partial charge >= 0.3 is 0 Å². The van der Waals surface area contributed by atoms with Crippen LogP contribution in [0.25, 0.3) is 10.6 Å². The van der Waals surface area contributed by atoms with E-state index in [0.29, 0.717) is 13.1 Å². The number of benzene rings is 2. The van der Waals surface area contributed by atoms with Crippen LogP contribution in [0.1, 0.15) is 11.3 Å². The minimum atomic E-state index is 0.277. The number of nitrogens with zero attached hydrogens (tertiary/aromatic N) is 1. The van der Waals surface area contributed by atoms with Crippen molar-refractivity contribution in [3.05, 3.63) is 53.0 Å². The Labute approximate surface area is 161 Å². The van der Waals surface area contributed by atoms with Gasteiger partial charge in [-0.25, -0.2) is 4.98 Å². The standard InChI is InChI=1S/C20H20N2O4S/c1-23-17-5-3-4-14(19(17)24-2)9-21-10-15-11-27-20(22-15)13-6-7-16-18(8-13)26-12-25-16/h3-8,11,21H,9-10,12H2,1-2H3. The number of hydrogen-bond donors (Lipinski definition) is 1. The smallest absolute Gasteiger partial charge is 0.231 e. The summed E-state index contributed by atoms with van der Waals surface area (Å²) in [6, 6.07) is 11.8. The molecule has 0 bridgehead atoms. The molecular formula is C20H20N2O4S. The Morgan fingerprint density at radius 2 is 1.96 bits per heavy atom. The third kappa shape index (κ3) is 3.70. The molecule has 7 heteroatoms. The van der Waals surface area contributed by atoms with E-state index in [1.54, 1.807) is 25.6 Å². The summed E-state index contributed by atoms with van der Waals surface area (Å²) in [6.07, 6.45) is 0. The summed E-state index contributed by atoms with van der Waals surface area (Å²) < 4.78 is 21.6. The van der Waals surface area contributed by atoms with Gasteiger partial charge in [-0.3, -0.25) is 0 Å². The fourth-order valence-corrected chi connectivity index (χ4v) is 3.79. The maximum Gasteiger partial charge on any atom is 0.231 e. The van der Waals surface area contributed by atoms with Gasteiger partial charge in [0.2, 0.25) is 6.79 Å². The molecule has 0 saturated carbocycles. The lowest BCUT2D eigenvalue weighted by Crippen LogP contribution is -2.13. The maximum absolute atomic E-state index is 5.47. The minimum Gasteiger partial charge on any atom is -0.493 e. The van der Waals surface area contributed by atoms with Crippen LogP contribution < -0.4 is 24.3 Å². The Bertz CT molecular complexity index is 941. The van der Waals surface area contributed by atoms with Crippen molar-refractivity contribution in [3.63, 3.8) is 0 Å². The molecule has 0 spiro atoms. The van der Waals surface area contributed by atoms with Crippen molar-refractivity contribution in [2.45, 2.75) is 13.1 Å². The summed E-state index contributed by atoms with van der Waals surface area (Å²) in [6.45, 7) is 1.61. The molecule has 0 amide bonds. The van der Waals surface area contributed by atoms with Crippen LogP contribution in [-0.2, 0) is 13.1 Å². The van der Waals surface area contributed by atoms with Crippen molar-refractivity contribution in [1.29, 1.82) is 0 Å². The van der Waals surface area contributed by atoms with E-state index < -0.39 is 0 Å². The highest BCUT2D eigenvalue weighted by Gasteiger charge is 2.15. The Morgan fingerprint density at radius 3 is 2.81 bits per heavy atom. The van der Waals surface area contributed by atoms with E-state index >= 15 is 0 Å². The molecule has 1 N–H and O–H groups in total. The lowest BCUT2D eigenvalue weighted by Gasteiger charge is -2.12. The number of rotatable bonds is 7. The summed E-state index contributed by atoms with van der Waals surface area (Å²) in [5, 5.41) is 6.44. The second kappa shape index (κ2) is 7.85. The van der Waals surface area contributed by atoms with Gasteiger partial charge in [0.05, 0.1) is 19.9 Å². The molecular weight excluding hydrogens is 364 g/mol. The Kier molecular flexibility index (Phi) is 5.13. The van der Waals surface area contributed by atoms with E-state index in [-0.39, 0.29) is 6.79 Å². The maximum atomic E-state index is 5.47. The highest BCUT2D eigenvalue weighted by Crippen LogP contribution is 2.36. The van der Waals surface area contributed by atoms with E-state index in [2.05, 4.69) is 10.7 Å². The van der Waals surface area contributed by atoms with Gasteiger partial charge in [-0.2, -0.15) is 0 Å². The van der Waals surface area contributed by atoms with Crippen LogP contribution in [0.3, 0.4) is 0 Å². The molecule has 0 radical (unpaired) electrons. The first-order valence-electron chi connectivity index (χ1n) is 8.53. The third-order valence-corrected chi connectivity index (χ3v) is 5.22. The number of ether oxygens (including phenoxy) is 4. The highest BCUT2D eigenvalue weighted by molar-refractivity contribution is 7.13. The number of fused-ring (bicyclic) bond motifs is 1. The number of hydrogen-bond acceptors (Lipinski definition) is 7. The summed E-state index contributed by atoms with van der Waals surface area (Å²) in [5.41, 5.74) is 3.07. The lowest BCUT2D eigenvalue weighted by atomic mass is 10.2. The van der Waals surface area contributed by atoms with Crippen molar-refractivity contribution in [1.82, 2.24) is 10.3 Å². The number of para-hydroxylation sites is 1. The van der Waals surface area contributed by atoms with Crippen molar-refractivity contribution in [2.24, 2.45) is 0 Å². The van der Waals surface area contributed by atoms with Crippen molar-refractivity contribution < 1.29 is 18.9 Å². The van der Waals surface area contributed by atoms with E-state index in [4.69, 9.17) is 23.9 Å². The molecule has 1 aromatic heterocycles. The van der Waals surface area contributed by atoms with Gasteiger partial charge in [0, 0.05) is 29.6 Å². The first-order valence-corrected chi connectivity index (χ1v) is 9.41. The molecule has 1 aliphatic heterocycles. The van der Waals surface area contributed by atoms with Crippen molar-refractivity contribution in [2.75, 3.05) is 21.0 Å². The van der Waals surface area contributed by atoms with Crippen LogP contribution in [0.4, 0.5) is 0 Å². The fraction of sp³-hybridized carbons (Fsp3) is 0.250. The molecule has 0 atom stereocenters. The monoisotopic (exact) mass is 384 g/mol. The van der Waals surface area contributed by atoms with E-state index in [9.17, 15) is 0 Å². The van der Waals surface area contributed by atoms with Crippen molar-refractivity contribution in [3.8, 4) is 33.6 Å². The Balaban J connectivity index is 1.41. The second-order valence-electron chi connectivity index (χ2n) is 5.97. The fourth-order valence-electron chi connectivity index (χ4n) is 2.97. The molecule has 1 aliphatic rings. The summed E-state index contributed by atoms with van der Waals surface area (Å²) in [4.78, 5) is 4.72. The van der Waals surface area contributed by atoms with Crippen LogP contribution in [0.5, 0.6) is 23.0 Å². The van der Waals surface area contributed by atoms with Gasteiger partial charge in [-0.05, 0) is 24.3 Å². The van der Waals surface area contributed by atoms with Crippen LogP contribution in [0.2, 0.25) is 0 Å². The van der Waals surface area contributed by atoms with E-state index in [1.165, 1.54) is 0 Å². The van der Waals surface area contributed by atoms with Gasteiger partial charge in [0.15, 0.2) is 23.0 Å². The zero-order valence-electron chi connectivity index (χ0n) is 15.2. The zero-order chi connectivity index (χ0) is 18.6. The molecule has 2 aromatic carbocycles. The Morgan fingerprint density at radius 1 is 1.07 bits per heavy atom. The zero-order valence-corrected chi connectivity index (χ0v) is 16.0. The van der Waals surface area contributed by atoms with Gasteiger partial charge < -0.3 is 24.3 Å². The van der Waals surface area contributed by atoms with Gasteiger partial charge in [0.1, 0.15) is 5.01 Å². The number of aromatic nitrogens is 1. The third-order valence-electron chi connectivity index (χ3n) is 4.28. The van der Waals surface area contributed by atoms with Crippen LogP contribution >= 0.6 is 11.3 Å². The topological polar surface area (TPSA) is 61.8 Å². The number of methoxy groups -OCH3 is 2. The summed E-state index contributed by atoms with van der Waals surface area (Å²) in [5.74, 6) is 3.04. The normalized spacial score (nSPS) is 12.2. The largest absolute Gasteiger partial charge is 0.493 e. The van der Waals surface area contributed by atoms with E-state index in [1.807, 2.05) is 36.4 Å². The SMILES string of the molecule is COc1cccc(CNCc2csc(-c3ccc4c(c3)OCO4)n2)c1OC. The first kappa shape index (κ1) is 17.6. The lowest BCUT2D eigenvalue weighted by molar-refractivity contribution is 0.174. The summed E-state index contributed by atoms with van der Waals surface area (Å²) >= 11 is 1.62. The van der Waals surface area contributed by atoms with Gasteiger partial charge in [-0.15, -0.1) is 11.3 Å². The summed E-state index contributed by atoms with van der Waals surface area (Å²) in [7, 11) is 3.29. The predicted octanol–water partition coefficient (Wildman–Crippen LogP) is 3.85. The number of thiazole rings is 1. The molecule has 4 rings (SSSR count).